The number of hydrogen-bond acceptors (Lipinski definition) is 4. The molecule has 6 heteroatoms. The van der Waals surface area contributed by atoms with Gasteiger partial charge in [0, 0.05) is 18.6 Å². The minimum atomic E-state index is -0.227. The molecule has 0 aromatic heterocycles. The maximum atomic E-state index is 12.1. The highest BCUT2D eigenvalue weighted by Gasteiger charge is 2.08. The first-order chi connectivity index (χ1) is 12.7. The van der Waals surface area contributed by atoms with Gasteiger partial charge in [-0.1, -0.05) is 24.3 Å². The Hall–Kier alpha value is -2.18. The van der Waals surface area contributed by atoms with Crippen molar-refractivity contribution in [3.05, 3.63) is 54.1 Å². The highest BCUT2D eigenvalue weighted by Crippen LogP contribution is 2.25. The van der Waals surface area contributed by atoms with E-state index in [0.717, 1.165) is 17.7 Å². The SMILES string of the molecule is COCCOc1cc(C)ccc1NC(=O)NCCCSc1ccccc1. The van der Waals surface area contributed by atoms with Crippen molar-refractivity contribution >= 4 is 23.5 Å². The van der Waals surface area contributed by atoms with E-state index in [-0.39, 0.29) is 6.03 Å². The molecule has 0 bridgehead atoms. The van der Waals surface area contributed by atoms with Crippen molar-refractivity contribution in [2.45, 2.75) is 18.2 Å². The van der Waals surface area contributed by atoms with E-state index in [0.29, 0.717) is 31.2 Å². The zero-order valence-corrected chi connectivity index (χ0v) is 16.1. The molecule has 0 aliphatic carbocycles. The van der Waals surface area contributed by atoms with Crippen LogP contribution >= 0.6 is 11.8 Å². The molecule has 0 unspecified atom stereocenters. The number of aryl methyl sites for hydroxylation is 1. The summed E-state index contributed by atoms with van der Waals surface area (Å²) in [5, 5.41) is 5.73. The molecule has 2 rings (SSSR count). The van der Waals surface area contributed by atoms with Gasteiger partial charge < -0.3 is 20.1 Å². The largest absolute Gasteiger partial charge is 0.489 e. The Labute approximate surface area is 159 Å². The Bertz CT molecular complexity index is 680. The van der Waals surface area contributed by atoms with Gasteiger partial charge in [-0.15, -0.1) is 11.8 Å². The van der Waals surface area contributed by atoms with Crippen molar-refractivity contribution in [1.82, 2.24) is 5.32 Å². The van der Waals surface area contributed by atoms with Crippen LogP contribution in [0.4, 0.5) is 10.5 Å². The maximum absolute atomic E-state index is 12.1. The van der Waals surface area contributed by atoms with Crippen molar-refractivity contribution in [1.29, 1.82) is 0 Å². The molecule has 0 saturated carbocycles. The van der Waals surface area contributed by atoms with Gasteiger partial charge in [-0.2, -0.15) is 0 Å². The summed E-state index contributed by atoms with van der Waals surface area (Å²) in [5.74, 6) is 1.61. The molecule has 0 spiro atoms. The van der Waals surface area contributed by atoms with E-state index in [4.69, 9.17) is 9.47 Å². The van der Waals surface area contributed by atoms with E-state index >= 15 is 0 Å². The van der Waals surface area contributed by atoms with E-state index in [2.05, 4.69) is 22.8 Å². The lowest BCUT2D eigenvalue weighted by Gasteiger charge is -2.14. The Morgan fingerprint density at radius 3 is 2.69 bits per heavy atom. The molecule has 0 radical (unpaired) electrons. The van der Waals surface area contributed by atoms with E-state index in [1.54, 1.807) is 18.9 Å². The summed E-state index contributed by atoms with van der Waals surface area (Å²) in [6.07, 6.45) is 0.901. The quantitative estimate of drug-likeness (QED) is 0.480. The van der Waals surface area contributed by atoms with Crippen molar-refractivity contribution in [3.63, 3.8) is 0 Å². The molecular weight excluding hydrogens is 348 g/mol. The van der Waals surface area contributed by atoms with E-state index < -0.39 is 0 Å². The number of rotatable bonds is 10. The molecule has 5 nitrogen and oxygen atoms in total. The van der Waals surface area contributed by atoms with Crippen molar-refractivity contribution in [2.24, 2.45) is 0 Å². The minimum absolute atomic E-state index is 0.227. The van der Waals surface area contributed by atoms with Crippen LogP contribution in [-0.4, -0.2) is 38.7 Å². The van der Waals surface area contributed by atoms with Crippen molar-refractivity contribution in [3.8, 4) is 5.75 Å². The van der Waals surface area contributed by atoms with Gasteiger partial charge in [-0.05, 0) is 48.9 Å². The molecule has 0 heterocycles. The van der Waals surface area contributed by atoms with Gasteiger partial charge >= 0.3 is 6.03 Å². The highest BCUT2D eigenvalue weighted by atomic mass is 32.2. The molecule has 0 aliphatic heterocycles. The Balaban J connectivity index is 1.73. The van der Waals surface area contributed by atoms with Crippen LogP contribution < -0.4 is 15.4 Å². The number of amides is 2. The van der Waals surface area contributed by atoms with Gasteiger partial charge in [0.05, 0.1) is 12.3 Å². The molecule has 2 amide bonds. The summed E-state index contributed by atoms with van der Waals surface area (Å²) in [5.41, 5.74) is 1.73. The number of carbonyl (C=O) groups excluding carboxylic acids is 1. The highest BCUT2D eigenvalue weighted by molar-refractivity contribution is 7.99. The molecule has 2 N–H and O–H groups in total. The molecule has 0 aliphatic rings. The smallest absolute Gasteiger partial charge is 0.319 e. The van der Waals surface area contributed by atoms with Crippen LogP contribution in [0.25, 0.3) is 0 Å². The fourth-order valence-electron chi connectivity index (χ4n) is 2.23. The van der Waals surface area contributed by atoms with Crippen molar-refractivity contribution < 1.29 is 14.3 Å². The maximum Gasteiger partial charge on any atom is 0.319 e. The second kappa shape index (κ2) is 11.4. The zero-order valence-electron chi connectivity index (χ0n) is 15.3. The van der Waals surface area contributed by atoms with E-state index in [9.17, 15) is 4.79 Å². The Morgan fingerprint density at radius 2 is 1.92 bits per heavy atom. The number of carbonyl (C=O) groups is 1. The number of urea groups is 1. The molecule has 140 valence electrons. The summed E-state index contributed by atoms with van der Waals surface area (Å²) >= 11 is 1.79. The van der Waals surface area contributed by atoms with Gasteiger partial charge in [0.15, 0.2) is 0 Å². The van der Waals surface area contributed by atoms with Crippen LogP contribution in [0.1, 0.15) is 12.0 Å². The molecule has 0 fully saturated rings. The van der Waals surface area contributed by atoms with E-state index in [1.807, 2.05) is 43.3 Å². The van der Waals surface area contributed by atoms with Gasteiger partial charge in [0.1, 0.15) is 12.4 Å². The number of anilines is 1. The summed E-state index contributed by atoms with van der Waals surface area (Å²) < 4.78 is 10.7. The Morgan fingerprint density at radius 1 is 1.12 bits per heavy atom. The van der Waals surface area contributed by atoms with Crippen molar-refractivity contribution in [2.75, 3.05) is 37.9 Å². The number of nitrogens with one attached hydrogen (secondary N) is 2. The molecule has 0 saturated heterocycles. The Kier molecular flexibility index (Phi) is 8.86. The first kappa shape index (κ1) is 20.1. The van der Waals surface area contributed by atoms with Crippen LogP contribution in [0.3, 0.4) is 0 Å². The fraction of sp³-hybridized carbons (Fsp3) is 0.350. The average molecular weight is 375 g/mol. The summed E-state index contributed by atoms with van der Waals surface area (Å²) in [4.78, 5) is 13.3. The monoisotopic (exact) mass is 374 g/mol. The lowest BCUT2D eigenvalue weighted by molar-refractivity contribution is 0.146. The number of methoxy groups -OCH3 is 1. The minimum Gasteiger partial charge on any atom is -0.489 e. The predicted molar refractivity (Wildman–Crippen MR) is 107 cm³/mol. The number of ether oxygens (including phenoxy) is 2. The lowest BCUT2D eigenvalue weighted by atomic mass is 10.2. The van der Waals surface area contributed by atoms with Gasteiger partial charge in [0.2, 0.25) is 0 Å². The van der Waals surface area contributed by atoms with E-state index in [1.165, 1.54) is 4.90 Å². The molecule has 26 heavy (non-hydrogen) atoms. The predicted octanol–water partition coefficient (Wildman–Crippen LogP) is 4.32. The van der Waals surface area contributed by atoms with Crippen LogP contribution in [-0.2, 0) is 4.74 Å². The second-order valence-corrected chi connectivity index (χ2v) is 6.91. The number of benzene rings is 2. The lowest BCUT2D eigenvalue weighted by Crippen LogP contribution is -2.30. The fourth-order valence-corrected chi connectivity index (χ4v) is 3.11. The summed E-state index contributed by atoms with van der Waals surface area (Å²) in [7, 11) is 1.63. The third-order valence-corrected chi connectivity index (χ3v) is 4.65. The topological polar surface area (TPSA) is 59.6 Å². The third-order valence-electron chi connectivity index (χ3n) is 3.55. The molecule has 2 aromatic rings. The number of hydrogen-bond donors (Lipinski definition) is 2. The van der Waals surface area contributed by atoms with Crippen LogP contribution in [0.15, 0.2) is 53.4 Å². The van der Waals surface area contributed by atoms with Gasteiger partial charge in [-0.25, -0.2) is 4.79 Å². The molecule has 2 aromatic carbocycles. The van der Waals surface area contributed by atoms with Crippen LogP contribution in [0.5, 0.6) is 5.75 Å². The third kappa shape index (κ3) is 7.37. The van der Waals surface area contributed by atoms with Gasteiger partial charge in [-0.3, -0.25) is 0 Å². The first-order valence-corrected chi connectivity index (χ1v) is 9.62. The summed E-state index contributed by atoms with van der Waals surface area (Å²) in [6.45, 7) is 3.54. The molecule has 0 atom stereocenters. The first-order valence-electron chi connectivity index (χ1n) is 8.64. The second-order valence-electron chi connectivity index (χ2n) is 5.74. The number of thioether (sulfide) groups is 1. The zero-order chi connectivity index (χ0) is 18.6. The van der Waals surface area contributed by atoms with Crippen LogP contribution in [0, 0.1) is 6.92 Å². The summed E-state index contributed by atoms with van der Waals surface area (Å²) in [6, 6.07) is 15.7. The normalized spacial score (nSPS) is 10.4. The van der Waals surface area contributed by atoms with Gasteiger partial charge in [0.25, 0.3) is 0 Å². The average Bonchev–Trinajstić information content (AvgIpc) is 2.64. The van der Waals surface area contributed by atoms with Crippen LogP contribution in [0.2, 0.25) is 0 Å². The standard InChI is InChI=1S/C20H26N2O3S/c1-16-9-10-18(19(15-16)25-13-12-24-2)22-20(23)21-11-6-14-26-17-7-4-3-5-8-17/h3-5,7-10,15H,6,11-14H2,1-2H3,(H2,21,22,23). The molecular formula is C20H26N2O3S.